The highest BCUT2D eigenvalue weighted by atomic mass is 35.5. The number of halogens is 1. The van der Waals surface area contributed by atoms with E-state index in [-0.39, 0.29) is 12.0 Å². The highest BCUT2D eigenvalue weighted by Crippen LogP contribution is 2.36. The van der Waals surface area contributed by atoms with E-state index in [1.165, 1.54) is 13.5 Å². The van der Waals surface area contributed by atoms with Crippen LogP contribution in [0.2, 0.25) is 5.02 Å². The number of rotatable bonds is 5. The number of ether oxygens (including phenoxy) is 1. The molecule has 0 radical (unpaired) electrons. The van der Waals surface area contributed by atoms with Crippen molar-refractivity contribution in [3.8, 4) is 0 Å². The number of nitrogens with one attached hydrogen (secondary N) is 1. The average molecular weight is 312 g/mol. The Hall–Kier alpha value is -1.26. The molecule has 0 heterocycles. The highest BCUT2D eigenvalue weighted by Gasteiger charge is 2.31. The van der Waals surface area contributed by atoms with E-state index in [1.807, 2.05) is 6.07 Å². The van der Waals surface area contributed by atoms with Crippen LogP contribution in [-0.4, -0.2) is 31.3 Å². The van der Waals surface area contributed by atoms with Crippen LogP contribution in [0.5, 0.6) is 0 Å². The fourth-order valence-electron chi connectivity index (χ4n) is 2.88. The van der Waals surface area contributed by atoms with Crippen LogP contribution >= 0.6 is 11.6 Å². The van der Waals surface area contributed by atoms with Gasteiger partial charge in [-0.3, -0.25) is 0 Å². The van der Waals surface area contributed by atoms with E-state index in [0.29, 0.717) is 17.1 Å². The maximum absolute atomic E-state index is 11.6. The van der Waals surface area contributed by atoms with Crippen molar-refractivity contribution in [2.75, 3.05) is 25.6 Å². The lowest BCUT2D eigenvalue weighted by molar-refractivity contribution is 0.0601. The monoisotopic (exact) mass is 311 g/mol. The molecule has 0 spiro atoms. The van der Waals surface area contributed by atoms with Gasteiger partial charge in [-0.25, -0.2) is 4.79 Å². The third-order valence-electron chi connectivity index (χ3n) is 4.29. The number of carbonyl (C=O) groups is 1. The highest BCUT2D eigenvalue weighted by molar-refractivity contribution is 6.33. The molecule has 0 aromatic heterocycles. The molecule has 116 valence electrons. The molecule has 0 bridgehead atoms. The Bertz CT molecular complexity index is 498. The van der Waals surface area contributed by atoms with Crippen LogP contribution in [0.15, 0.2) is 18.2 Å². The van der Waals surface area contributed by atoms with E-state index in [1.54, 1.807) is 12.1 Å². The molecule has 1 fully saturated rings. The molecule has 5 heteroatoms. The number of aliphatic hydroxyl groups excluding tert-OH is 1. The first-order valence-electron chi connectivity index (χ1n) is 7.33. The molecular formula is C16H22ClNO3. The van der Waals surface area contributed by atoms with Crippen LogP contribution in [0, 0.1) is 5.41 Å². The average Bonchev–Trinajstić information content (AvgIpc) is 2.54. The maximum atomic E-state index is 11.6. The molecule has 21 heavy (non-hydrogen) atoms. The van der Waals surface area contributed by atoms with Gasteiger partial charge in [-0.05, 0) is 31.0 Å². The van der Waals surface area contributed by atoms with Crippen LogP contribution in [0.25, 0.3) is 0 Å². The summed E-state index contributed by atoms with van der Waals surface area (Å²) in [6.45, 7) is 0.892. The zero-order valence-corrected chi connectivity index (χ0v) is 13.1. The second-order valence-electron chi connectivity index (χ2n) is 5.76. The van der Waals surface area contributed by atoms with Gasteiger partial charge >= 0.3 is 5.97 Å². The number of carbonyl (C=O) groups excluding carboxylic acids is 1. The Morgan fingerprint density at radius 2 is 2.10 bits per heavy atom. The Labute approximate surface area is 130 Å². The van der Waals surface area contributed by atoms with Gasteiger partial charge in [-0.1, -0.05) is 30.9 Å². The number of benzene rings is 1. The number of aliphatic hydroxyl groups is 1. The molecule has 1 saturated carbocycles. The third kappa shape index (κ3) is 3.89. The van der Waals surface area contributed by atoms with Gasteiger partial charge < -0.3 is 15.2 Å². The number of hydrogen-bond donors (Lipinski definition) is 2. The summed E-state index contributed by atoms with van der Waals surface area (Å²) in [5, 5.41) is 13.4. The summed E-state index contributed by atoms with van der Waals surface area (Å²) in [4.78, 5) is 11.6. The second kappa shape index (κ2) is 7.14. The minimum atomic E-state index is -0.446. The molecule has 1 aromatic rings. The van der Waals surface area contributed by atoms with Crippen molar-refractivity contribution >= 4 is 23.3 Å². The molecule has 0 aliphatic heterocycles. The van der Waals surface area contributed by atoms with E-state index in [0.717, 1.165) is 31.4 Å². The van der Waals surface area contributed by atoms with Gasteiger partial charge in [-0.15, -0.1) is 0 Å². The van der Waals surface area contributed by atoms with Crippen LogP contribution in [-0.2, 0) is 4.74 Å². The number of methoxy groups -OCH3 is 1. The molecule has 2 N–H and O–H groups in total. The molecular weight excluding hydrogens is 290 g/mol. The predicted octanol–water partition coefficient (Wildman–Crippen LogP) is 3.48. The van der Waals surface area contributed by atoms with Gasteiger partial charge in [-0.2, -0.15) is 0 Å². The van der Waals surface area contributed by atoms with Crippen molar-refractivity contribution in [2.45, 2.75) is 32.1 Å². The minimum Gasteiger partial charge on any atom is -0.465 e. The maximum Gasteiger partial charge on any atom is 0.339 e. The molecule has 0 unspecified atom stereocenters. The Balaban J connectivity index is 2.07. The van der Waals surface area contributed by atoms with Crippen LogP contribution in [0.3, 0.4) is 0 Å². The SMILES string of the molecule is COC(=O)c1cc(NCC2(CO)CCCCC2)ccc1Cl. The van der Waals surface area contributed by atoms with Crippen molar-refractivity contribution in [1.29, 1.82) is 0 Å². The van der Waals surface area contributed by atoms with Gasteiger partial charge in [0.05, 0.1) is 24.3 Å². The summed E-state index contributed by atoms with van der Waals surface area (Å²) in [6.07, 6.45) is 5.64. The summed E-state index contributed by atoms with van der Waals surface area (Å²) < 4.78 is 4.72. The van der Waals surface area contributed by atoms with E-state index >= 15 is 0 Å². The van der Waals surface area contributed by atoms with Gasteiger partial charge in [0.25, 0.3) is 0 Å². The molecule has 4 nitrogen and oxygen atoms in total. The predicted molar refractivity (Wildman–Crippen MR) is 83.9 cm³/mol. The first-order chi connectivity index (χ1) is 10.1. The zero-order chi connectivity index (χ0) is 15.3. The standard InChI is InChI=1S/C16H22ClNO3/c1-21-15(20)13-9-12(5-6-14(13)17)18-10-16(11-19)7-3-2-4-8-16/h5-6,9,18-19H,2-4,7-8,10-11H2,1H3. The fraction of sp³-hybridized carbons (Fsp3) is 0.562. The zero-order valence-electron chi connectivity index (χ0n) is 12.3. The van der Waals surface area contributed by atoms with Crippen molar-refractivity contribution in [2.24, 2.45) is 5.41 Å². The normalized spacial score (nSPS) is 17.3. The summed E-state index contributed by atoms with van der Waals surface area (Å²) in [6, 6.07) is 5.22. The molecule has 1 aromatic carbocycles. The molecule has 0 saturated heterocycles. The number of anilines is 1. The topological polar surface area (TPSA) is 58.6 Å². The number of hydrogen-bond acceptors (Lipinski definition) is 4. The molecule has 1 aliphatic carbocycles. The molecule has 0 amide bonds. The lowest BCUT2D eigenvalue weighted by Crippen LogP contribution is -2.35. The Morgan fingerprint density at radius 1 is 1.38 bits per heavy atom. The van der Waals surface area contributed by atoms with Gasteiger partial charge in [0, 0.05) is 17.6 Å². The minimum absolute atomic E-state index is 0.0523. The Kier molecular flexibility index (Phi) is 5.48. The van der Waals surface area contributed by atoms with Crippen molar-refractivity contribution in [3.05, 3.63) is 28.8 Å². The summed E-state index contributed by atoms with van der Waals surface area (Å²) in [5.74, 6) is -0.446. The lowest BCUT2D eigenvalue weighted by atomic mass is 9.74. The second-order valence-corrected chi connectivity index (χ2v) is 6.17. The number of esters is 1. The molecule has 2 rings (SSSR count). The van der Waals surface area contributed by atoms with Gasteiger partial charge in [0.2, 0.25) is 0 Å². The third-order valence-corrected chi connectivity index (χ3v) is 4.62. The van der Waals surface area contributed by atoms with Gasteiger partial charge in [0.15, 0.2) is 0 Å². The smallest absolute Gasteiger partial charge is 0.339 e. The van der Waals surface area contributed by atoms with Crippen LogP contribution < -0.4 is 5.32 Å². The van der Waals surface area contributed by atoms with Crippen molar-refractivity contribution in [3.63, 3.8) is 0 Å². The summed E-state index contributed by atoms with van der Waals surface area (Å²) >= 11 is 6.00. The lowest BCUT2D eigenvalue weighted by Gasteiger charge is -2.36. The molecule has 1 aliphatic rings. The fourth-order valence-corrected chi connectivity index (χ4v) is 3.08. The van der Waals surface area contributed by atoms with Crippen LogP contribution in [0.1, 0.15) is 42.5 Å². The summed E-state index contributed by atoms with van der Waals surface area (Å²) in [7, 11) is 1.33. The van der Waals surface area contributed by atoms with Gasteiger partial charge in [0.1, 0.15) is 0 Å². The largest absolute Gasteiger partial charge is 0.465 e. The van der Waals surface area contributed by atoms with E-state index in [2.05, 4.69) is 5.32 Å². The summed E-state index contributed by atoms with van der Waals surface area (Å²) in [5.41, 5.74) is 1.12. The van der Waals surface area contributed by atoms with Crippen molar-refractivity contribution < 1.29 is 14.6 Å². The van der Waals surface area contributed by atoms with E-state index < -0.39 is 5.97 Å². The Morgan fingerprint density at radius 3 is 2.71 bits per heavy atom. The van der Waals surface area contributed by atoms with Crippen LogP contribution in [0.4, 0.5) is 5.69 Å². The van der Waals surface area contributed by atoms with E-state index in [9.17, 15) is 9.90 Å². The van der Waals surface area contributed by atoms with Crippen molar-refractivity contribution in [1.82, 2.24) is 0 Å². The first kappa shape index (κ1) is 16.1. The quantitative estimate of drug-likeness (QED) is 0.817. The molecule has 0 atom stereocenters. The first-order valence-corrected chi connectivity index (χ1v) is 7.71. The van der Waals surface area contributed by atoms with E-state index in [4.69, 9.17) is 16.3 Å².